The number of aliphatic imine (C=N–C) groups is 1. The monoisotopic (exact) mass is 495 g/mol. The molecule has 0 spiro atoms. The van der Waals surface area contributed by atoms with Crippen LogP contribution in [0.15, 0.2) is 11.3 Å². The predicted molar refractivity (Wildman–Crippen MR) is 117 cm³/mol. The minimum atomic E-state index is -0.522. The number of guanidine groups is 1. The normalized spacial score (nSPS) is 13.0. The van der Waals surface area contributed by atoms with Gasteiger partial charge in [0.2, 0.25) is 0 Å². The standard InChI is InChI=1S/C17H33N7O2.HI/c1-8-18-15(20-10-14-21-11-22-24(14)7)19-9-13(12(2)3)23-16(25)26-17(4,5)6;/h11-13H,8-10H2,1-7H3,(H,23,25)(H2,18,19,20);1H. The van der Waals surface area contributed by atoms with E-state index in [1.807, 2.05) is 48.6 Å². The number of hydrogen-bond acceptors (Lipinski definition) is 5. The van der Waals surface area contributed by atoms with Crippen molar-refractivity contribution >= 4 is 36.0 Å². The first-order chi connectivity index (χ1) is 12.1. The maximum absolute atomic E-state index is 12.0. The van der Waals surface area contributed by atoms with Crippen LogP contribution in [0.2, 0.25) is 0 Å². The molecule has 0 aliphatic carbocycles. The third kappa shape index (κ3) is 10.4. The van der Waals surface area contributed by atoms with E-state index in [0.29, 0.717) is 19.0 Å². The highest BCUT2D eigenvalue weighted by Crippen LogP contribution is 2.08. The molecule has 1 rings (SSSR count). The number of aromatic nitrogens is 3. The molecule has 0 aromatic carbocycles. The second-order valence-corrected chi connectivity index (χ2v) is 7.37. The largest absolute Gasteiger partial charge is 0.444 e. The summed E-state index contributed by atoms with van der Waals surface area (Å²) in [5, 5.41) is 13.4. The zero-order chi connectivity index (χ0) is 19.7. The van der Waals surface area contributed by atoms with Crippen molar-refractivity contribution in [3.05, 3.63) is 12.2 Å². The Morgan fingerprint density at radius 1 is 1.33 bits per heavy atom. The zero-order valence-electron chi connectivity index (χ0n) is 17.4. The molecule has 1 atom stereocenters. The first kappa shape index (κ1) is 25.4. The van der Waals surface area contributed by atoms with E-state index in [4.69, 9.17) is 4.74 Å². The zero-order valence-corrected chi connectivity index (χ0v) is 19.7. The summed E-state index contributed by atoms with van der Waals surface area (Å²) in [6.07, 6.45) is 1.09. The molecule has 0 aliphatic rings. The Morgan fingerprint density at radius 2 is 2.00 bits per heavy atom. The fraction of sp³-hybridized carbons (Fsp3) is 0.765. The number of amides is 1. The van der Waals surface area contributed by atoms with Gasteiger partial charge in [-0.1, -0.05) is 13.8 Å². The van der Waals surface area contributed by atoms with Gasteiger partial charge in [0, 0.05) is 20.1 Å². The van der Waals surface area contributed by atoms with Crippen LogP contribution >= 0.6 is 24.0 Å². The van der Waals surface area contributed by atoms with Crippen LogP contribution in [0.1, 0.15) is 47.4 Å². The second kappa shape index (κ2) is 12.0. The smallest absolute Gasteiger partial charge is 0.407 e. The van der Waals surface area contributed by atoms with Gasteiger partial charge in [-0.25, -0.2) is 14.8 Å². The number of ether oxygens (including phenoxy) is 1. The molecule has 27 heavy (non-hydrogen) atoms. The lowest BCUT2D eigenvalue weighted by molar-refractivity contribution is 0.0491. The number of rotatable bonds is 7. The van der Waals surface area contributed by atoms with Gasteiger partial charge in [0.05, 0.1) is 6.04 Å². The van der Waals surface area contributed by atoms with E-state index >= 15 is 0 Å². The van der Waals surface area contributed by atoms with Crippen LogP contribution in [0, 0.1) is 5.92 Å². The van der Waals surface area contributed by atoms with E-state index in [2.05, 4.69) is 31.0 Å². The van der Waals surface area contributed by atoms with Crippen molar-refractivity contribution < 1.29 is 9.53 Å². The van der Waals surface area contributed by atoms with Gasteiger partial charge < -0.3 is 20.7 Å². The summed E-state index contributed by atoms with van der Waals surface area (Å²) in [6.45, 7) is 13.3. The summed E-state index contributed by atoms with van der Waals surface area (Å²) in [7, 11) is 1.83. The van der Waals surface area contributed by atoms with Crippen LogP contribution in [0.5, 0.6) is 0 Å². The van der Waals surface area contributed by atoms with Crippen molar-refractivity contribution in [2.75, 3.05) is 13.1 Å². The van der Waals surface area contributed by atoms with Crippen molar-refractivity contribution in [2.45, 2.75) is 59.7 Å². The average Bonchev–Trinajstić information content (AvgIpc) is 2.91. The lowest BCUT2D eigenvalue weighted by Crippen LogP contribution is -2.50. The SMILES string of the molecule is CCNC(=NCc1ncnn1C)NCC(NC(=O)OC(C)(C)C)C(C)C.I. The van der Waals surface area contributed by atoms with Crippen molar-refractivity contribution in [3.8, 4) is 0 Å². The van der Waals surface area contributed by atoms with Crippen LogP contribution in [0.3, 0.4) is 0 Å². The Hall–Kier alpha value is -1.59. The topological polar surface area (TPSA) is 105 Å². The highest BCUT2D eigenvalue weighted by atomic mass is 127. The van der Waals surface area contributed by atoms with Gasteiger partial charge in [-0.3, -0.25) is 4.68 Å². The summed E-state index contributed by atoms with van der Waals surface area (Å²) >= 11 is 0. The Balaban J connectivity index is 0.00000676. The second-order valence-electron chi connectivity index (χ2n) is 7.37. The average molecular weight is 495 g/mol. The molecule has 0 saturated carbocycles. The lowest BCUT2D eigenvalue weighted by Gasteiger charge is -2.26. The van der Waals surface area contributed by atoms with E-state index in [1.54, 1.807) is 4.68 Å². The Bertz CT molecular complexity index is 596. The maximum atomic E-state index is 12.0. The first-order valence-corrected chi connectivity index (χ1v) is 8.97. The molecule has 1 heterocycles. The number of nitrogens with zero attached hydrogens (tertiary/aromatic N) is 4. The molecule has 1 unspecified atom stereocenters. The van der Waals surface area contributed by atoms with E-state index in [-0.39, 0.29) is 35.9 Å². The van der Waals surface area contributed by atoms with Gasteiger partial charge in [-0.2, -0.15) is 5.10 Å². The highest BCUT2D eigenvalue weighted by Gasteiger charge is 2.21. The number of carbonyl (C=O) groups is 1. The molecular formula is C17H34IN7O2. The summed E-state index contributed by atoms with van der Waals surface area (Å²) in [6, 6.07) is -0.0939. The Morgan fingerprint density at radius 3 is 2.48 bits per heavy atom. The molecule has 9 nitrogen and oxygen atoms in total. The molecule has 0 aliphatic heterocycles. The highest BCUT2D eigenvalue weighted by molar-refractivity contribution is 14.0. The number of halogens is 1. The third-order valence-corrected chi connectivity index (χ3v) is 3.52. The molecule has 3 N–H and O–H groups in total. The van der Waals surface area contributed by atoms with Crippen LogP contribution in [-0.2, 0) is 18.3 Å². The number of nitrogens with one attached hydrogen (secondary N) is 3. The fourth-order valence-corrected chi connectivity index (χ4v) is 2.07. The molecule has 156 valence electrons. The minimum absolute atomic E-state index is 0. The quantitative estimate of drug-likeness (QED) is 0.304. The maximum Gasteiger partial charge on any atom is 0.407 e. The van der Waals surface area contributed by atoms with Gasteiger partial charge in [-0.05, 0) is 33.6 Å². The molecule has 1 aromatic rings. The van der Waals surface area contributed by atoms with Crippen LogP contribution in [-0.4, -0.2) is 51.5 Å². The Labute approximate surface area is 179 Å². The van der Waals surface area contributed by atoms with Crippen LogP contribution < -0.4 is 16.0 Å². The predicted octanol–water partition coefficient (Wildman–Crippen LogP) is 2.04. The number of carbonyl (C=O) groups excluding carboxylic acids is 1. The van der Waals surface area contributed by atoms with E-state index in [1.165, 1.54) is 6.33 Å². The molecule has 0 saturated heterocycles. The lowest BCUT2D eigenvalue weighted by atomic mass is 10.0. The fourth-order valence-electron chi connectivity index (χ4n) is 2.07. The summed E-state index contributed by atoms with van der Waals surface area (Å²) < 4.78 is 7.03. The third-order valence-electron chi connectivity index (χ3n) is 3.52. The molecule has 0 bridgehead atoms. The number of hydrogen-bond donors (Lipinski definition) is 3. The van der Waals surface area contributed by atoms with Crippen LogP contribution in [0.25, 0.3) is 0 Å². The van der Waals surface area contributed by atoms with E-state index < -0.39 is 11.7 Å². The summed E-state index contributed by atoms with van der Waals surface area (Å²) in [5.74, 6) is 1.67. The van der Waals surface area contributed by atoms with Gasteiger partial charge in [0.15, 0.2) is 5.96 Å². The van der Waals surface area contributed by atoms with Crippen molar-refractivity contribution in [1.29, 1.82) is 0 Å². The van der Waals surface area contributed by atoms with E-state index in [0.717, 1.165) is 12.4 Å². The number of aryl methyl sites for hydroxylation is 1. The molecule has 0 radical (unpaired) electrons. The molecular weight excluding hydrogens is 461 g/mol. The number of alkyl carbamates (subject to hydrolysis) is 1. The molecule has 10 heteroatoms. The van der Waals surface area contributed by atoms with Gasteiger partial charge in [0.25, 0.3) is 0 Å². The van der Waals surface area contributed by atoms with Crippen molar-refractivity contribution in [1.82, 2.24) is 30.7 Å². The summed E-state index contributed by atoms with van der Waals surface area (Å²) in [5.41, 5.74) is -0.522. The first-order valence-electron chi connectivity index (χ1n) is 8.97. The molecule has 0 fully saturated rings. The van der Waals surface area contributed by atoms with Gasteiger partial charge in [0.1, 0.15) is 24.3 Å². The van der Waals surface area contributed by atoms with Crippen LogP contribution in [0.4, 0.5) is 4.79 Å². The van der Waals surface area contributed by atoms with Gasteiger partial charge >= 0.3 is 6.09 Å². The Kier molecular flexibility index (Phi) is 11.3. The summed E-state index contributed by atoms with van der Waals surface area (Å²) in [4.78, 5) is 20.7. The van der Waals surface area contributed by atoms with E-state index in [9.17, 15) is 4.79 Å². The molecule has 1 aromatic heterocycles. The van der Waals surface area contributed by atoms with Crippen molar-refractivity contribution in [2.24, 2.45) is 18.0 Å². The van der Waals surface area contributed by atoms with Gasteiger partial charge in [-0.15, -0.1) is 24.0 Å². The minimum Gasteiger partial charge on any atom is -0.444 e. The molecule has 1 amide bonds. The van der Waals surface area contributed by atoms with Crippen molar-refractivity contribution in [3.63, 3.8) is 0 Å².